The van der Waals surface area contributed by atoms with Crippen molar-refractivity contribution in [3.05, 3.63) is 59.7 Å². The van der Waals surface area contributed by atoms with Crippen LogP contribution in [-0.4, -0.2) is 11.9 Å². The van der Waals surface area contributed by atoms with Crippen molar-refractivity contribution in [3.63, 3.8) is 0 Å². The van der Waals surface area contributed by atoms with Gasteiger partial charge in [-0.1, -0.05) is 24.3 Å². The highest BCUT2D eigenvalue weighted by molar-refractivity contribution is 7.99. The van der Waals surface area contributed by atoms with Crippen molar-refractivity contribution >= 4 is 11.8 Å². The molecule has 20 heavy (non-hydrogen) atoms. The molecule has 2 aromatic carbocycles. The first kappa shape index (κ1) is 13.6. The first-order valence-electron chi connectivity index (χ1n) is 7.27. The van der Waals surface area contributed by atoms with Crippen LogP contribution < -0.4 is 4.74 Å². The molecule has 0 radical (unpaired) electrons. The van der Waals surface area contributed by atoms with Gasteiger partial charge in [0.2, 0.25) is 0 Å². The molecule has 2 heteroatoms. The van der Waals surface area contributed by atoms with Crippen molar-refractivity contribution in [2.24, 2.45) is 0 Å². The second-order valence-electron chi connectivity index (χ2n) is 5.34. The number of rotatable bonds is 5. The summed E-state index contributed by atoms with van der Waals surface area (Å²) in [5.74, 6) is 1.99. The molecular formula is C18H20OS. The predicted octanol–water partition coefficient (Wildman–Crippen LogP) is 4.73. The van der Waals surface area contributed by atoms with Gasteiger partial charge in [0.15, 0.2) is 0 Å². The molecule has 1 aliphatic carbocycles. The minimum absolute atomic E-state index is 0.222. The highest BCUT2D eigenvalue weighted by atomic mass is 32.2. The van der Waals surface area contributed by atoms with Crippen LogP contribution in [0.2, 0.25) is 0 Å². The molecule has 0 fully saturated rings. The van der Waals surface area contributed by atoms with Crippen LogP contribution >= 0.6 is 11.8 Å². The topological polar surface area (TPSA) is 9.23 Å². The third-order valence-corrected chi connectivity index (χ3v) is 4.88. The van der Waals surface area contributed by atoms with Gasteiger partial charge in [-0.3, -0.25) is 0 Å². The normalized spacial score (nSPS) is 14.8. The van der Waals surface area contributed by atoms with Crippen LogP contribution in [0.1, 0.15) is 24.5 Å². The lowest BCUT2D eigenvalue weighted by atomic mass is 10.1. The van der Waals surface area contributed by atoms with E-state index >= 15 is 0 Å². The van der Waals surface area contributed by atoms with Crippen molar-refractivity contribution in [1.82, 2.24) is 0 Å². The van der Waals surface area contributed by atoms with Crippen LogP contribution in [0.3, 0.4) is 0 Å². The van der Waals surface area contributed by atoms with E-state index in [-0.39, 0.29) is 6.10 Å². The highest BCUT2D eigenvalue weighted by Crippen LogP contribution is 2.27. The Hall–Kier alpha value is -1.41. The first-order chi connectivity index (χ1) is 9.81. The number of fused-ring (bicyclic) bond motifs is 1. The molecule has 0 saturated heterocycles. The fraction of sp³-hybridized carbons (Fsp3) is 0.333. The highest BCUT2D eigenvalue weighted by Gasteiger charge is 2.12. The maximum atomic E-state index is 6.04. The van der Waals surface area contributed by atoms with Crippen LogP contribution in [-0.2, 0) is 12.8 Å². The predicted molar refractivity (Wildman–Crippen MR) is 85.7 cm³/mol. The number of hydrogen-bond acceptors (Lipinski definition) is 2. The van der Waals surface area contributed by atoms with Crippen LogP contribution in [0.15, 0.2) is 53.4 Å². The maximum absolute atomic E-state index is 6.04. The number of thioether (sulfide) groups is 1. The molecule has 0 aliphatic heterocycles. The summed E-state index contributed by atoms with van der Waals surface area (Å²) in [5.41, 5.74) is 2.98. The average Bonchev–Trinajstić information content (AvgIpc) is 2.94. The second kappa shape index (κ2) is 6.36. The lowest BCUT2D eigenvalue weighted by Crippen LogP contribution is -2.14. The van der Waals surface area contributed by atoms with Gasteiger partial charge in [0.25, 0.3) is 0 Å². The van der Waals surface area contributed by atoms with E-state index in [2.05, 4.69) is 55.5 Å². The van der Waals surface area contributed by atoms with E-state index in [1.165, 1.54) is 35.3 Å². The van der Waals surface area contributed by atoms with Crippen molar-refractivity contribution in [3.8, 4) is 5.75 Å². The number of ether oxygens (including phenoxy) is 1. The van der Waals surface area contributed by atoms with Gasteiger partial charge >= 0.3 is 0 Å². The molecule has 0 amide bonds. The summed E-state index contributed by atoms with van der Waals surface area (Å²) in [6, 6.07) is 17.1. The Labute approximate surface area is 125 Å². The average molecular weight is 284 g/mol. The van der Waals surface area contributed by atoms with Gasteiger partial charge in [-0.15, -0.1) is 11.8 Å². The molecule has 0 aromatic heterocycles. The zero-order chi connectivity index (χ0) is 13.8. The molecule has 3 rings (SSSR count). The van der Waals surface area contributed by atoms with Gasteiger partial charge in [0, 0.05) is 10.6 Å². The molecule has 104 valence electrons. The largest absolute Gasteiger partial charge is 0.490 e. The first-order valence-corrected chi connectivity index (χ1v) is 8.26. The number of hydrogen-bond donors (Lipinski definition) is 0. The number of benzene rings is 2. The zero-order valence-corrected chi connectivity index (χ0v) is 12.7. The lowest BCUT2D eigenvalue weighted by molar-refractivity contribution is 0.246. The molecule has 0 N–H and O–H groups in total. The summed E-state index contributed by atoms with van der Waals surface area (Å²) >= 11 is 1.85. The molecule has 1 atom stereocenters. The zero-order valence-electron chi connectivity index (χ0n) is 11.8. The molecule has 0 saturated carbocycles. The van der Waals surface area contributed by atoms with Gasteiger partial charge in [0.05, 0.1) is 0 Å². The van der Waals surface area contributed by atoms with E-state index in [0.29, 0.717) is 0 Å². The maximum Gasteiger partial charge on any atom is 0.120 e. The Kier molecular flexibility index (Phi) is 4.31. The van der Waals surface area contributed by atoms with Gasteiger partial charge in [-0.25, -0.2) is 0 Å². The fourth-order valence-corrected chi connectivity index (χ4v) is 3.46. The van der Waals surface area contributed by atoms with E-state index in [0.717, 1.165) is 11.5 Å². The Bertz CT molecular complexity index is 565. The Morgan fingerprint density at radius 3 is 2.70 bits per heavy atom. The molecule has 0 bridgehead atoms. The summed E-state index contributed by atoms with van der Waals surface area (Å²) in [6.45, 7) is 2.14. The van der Waals surface area contributed by atoms with Crippen molar-refractivity contribution in [2.75, 3.05) is 5.75 Å². The molecule has 2 aromatic rings. The van der Waals surface area contributed by atoms with E-state index in [4.69, 9.17) is 4.74 Å². The Morgan fingerprint density at radius 2 is 1.85 bits per heavy atom. The van der Waals surface area contributed by atoms with E-state index < -0.39 is 0 Å². The number of aryl methyl sites for hydroxylation is 2. The van der Waals surface area contributed by atoms with E-state index in [1.54, 1.807) is 0 Å². The SMILES string of the molecule is CC(CSc1ccccc1)Oc1ccc2c(c1)CCC2. The summed E-state index contributed by atoms with van der Waals surface area (Å²) in [7, 11) is 0. The smallest absolute Gasteiger partial charge is 0.120 e. The van der Waals surface area contributed by atoms with Gasteiger partial charge in [-0.05, 0) is 61.6 Å². The minimum Gasteiger partial charge on any atom is -0.490 e. The van der Waals surface area contributed by atoms with Crippen LogP contribution in [0.4, 0.5) is 0 Å². The lowest BCUT2D eigenvalue weighted by Gasteiger charge is -2.15. The fourth-order valence-electron chi connectivity index (χ4n) is 2.62. The van der Waals surface area contributed by atoms with Gasteiger partial charge in [0.1, 0.15) is 11.9 Å². The van der Waals surface area contributed by atoms with Gasteiger partial charge in [-0.2, -0.15) is 0 Å². The van der Waals surface area contributed by atoms with Crippen molar-refractivity contribution in [2.45, 2.75) is 37.2 Å². The summed E-state index contributed by atoms with van der Waals surface area (Å²) < 4.78 is 6.04. The van der Waals surface area contributed by atoms with E-state index in [1.807, 2.05) is 11.8 Å². The molecule has 0 heterocycles. The monoisotopic (exact) mass is 284 g/mol. The van der Waals surface area contributed by atoms with Crippen molar-refractivity contribution in [1.29, 1.82) is 0 Å². The third-order valence-electron chi connectivity index (χ3n) is 3.64. The Morgan fingerprint density at radius 1 is 1.05 bits per heavy atom. The third kappa shape index (κ3) is 3.37. The standard InChI is InChI=1S/C18H20OS/c1-14(13-20-18-8-3-2-4-9-18)19-17-11-10-15-6-5-7-16(15)12-17/h2-4,8-12,14H,5-7,13H2,1H3. The minimum atomic E-state index is 0.222. The van der Waals surface area contributed by atoms with Crippen LogP contribution in [0.5, 0.6) is 5.75 Å². The van der Waals surface area contributed by atoms with Crippen LogP contribution in [0.25, 0.3) is 0 Å². The van der Waals surface area contributed by atoms with Gasteiger partial charge < -0.3 is 4.74 Å². The summed E-state index contributed by atoms with van der Waals surface area (Å²) in [4.78, 5) is 1.30. The summed E-state index contributed by atoms with van der Waals surface area (Å²) in [6.07, 6.45) is 3.95. The van der Waals surface area contributed by atoms with E-state index in [9.17, 15) is 0 Å². The Balaban J connectivity index is 1.55. The molecule has 0 spiro atoms. The molecule has 1 aliphatic rings. The molecule has 1 nitrogen and oxygen atoms in total. The second-order valence-corrected chi connectivity index (χ2v) is 6.43. The van der Waals surface area contributed by atoms with Crippen molar-refractivity contribution < 1.29 is 4.74 Å². The summed E-state index contributed by atoms with van der Waals surface area (Å²) in [5, 5.41) is 0. The quantitative estimate of drug-likeness (QED) is 0.734. The van der Waals surface area contributed by atoms with Crippen LogP contribution in [0, 0.1) is 0 Å². The molecule has 1 unspecified atom stereocenters. The molecular weight excluding hydrogens is 264 g/mol.